The Kier molecular flexibility index (Phi) is 2.78. The van der Waals surface area contributed by atoms with Gasteiger partial charge in [-0.2, -0.15) is 0 Å². The van der Waals surface area contributed by atoms with Gasteiger partial charge in [-0.05, 0) is 18.6 Å². The second-order valence-corrected chi connectivity index (χ2v) is 3.75. The van der Waals surface area contributed by atoms with Crippen molar-refractivity contribution in [2.75, 3.05) is 0 Å². The van der Waals surface area contributed by atoms with Gasteiger partial charge in [-0.25, -0.2) is 0 Å². The highest BCUT2D eigenvalue weighted by molar-refractivity contribution is 7.13. The number of aliphatic hydroxyl groups is 1. The van der Waals surface area contributed by atoms with Crippen LogP contribution in [0.1, 0.15) is 26.2 Å². The Balaban J connectivity index is 3.06. The summed E-state index contributed by atoms with van der Waals surface area (Å²) in [6.07, 6.45) is 1.58. The molecular formula is C9H10O2S. The number of aldehydes is 1. The van der Waals surface area contributed by atoms with Crippen LogP contribution in [0.2, 0.25) is 0 Å². The zero-order valence-electron chi connectivity index (χ0n) is 6.78. The molecule has 1 unspecified atom stereocenters. The zero-order valence-corrected chi connectivity index (χ0v) is 7.60. The first-order valence-electron chi connectivity index (χ1n) is 3.55. The molecule has 1 aromatic heterocycles. The minimum absolute atomic E-state index is 0.642. The minimum Gasteiger partial charge on any atom is -0.384 e. The van der Waals surface area contributed by atoms with Crippen LogP contribution in [-0.4, -0.2) is 11.4 Å². The molecule has 1 N–H and O–H groups in total. The quantitative estimate of drug-likeness (QED) is 0.574. The van der Waals surface area contributed by atoms with Crippen LogP contribution in [0.3, 0.4) is 0 Å². The standard InChI is InChI=1S/C9H10O2S/c1-3-9(11)8-4-7(5-10)12-6(8)2/h3-5,9,11H,1H2,2H3. The third-order valence-corrected chi connectivity index (χ3v) is 2.62. The second-order valence-electron chi connectivity index (χ2n) is 2.46. The summed E-state index contributed by atoms with van der Waals surface area (Å²) in [5, 5.41) is 9.39. The molecule has 0 aliphatic heterocycles. The fraction of sp³-hybridized carbons (Fsp3) is 0.222. The Labute approximate surface area is 75.2 Å². The summed E-state index contributed by atoms with van der Waals surface area (Å²) >= 11 is 1.38. The fourth-order valence-corrected chi connectivity index (χ4v) is 1.88. The van der Waals surface area contributed by atoms with E-state index in [2.05, 4.69) is 6.58 Å². The molecule has 0 saturated heterocycles. The van der Waals surface area contributed by atoms with Gasteiger partial charge in [0.1, 0.15) is 0 Å². The van der Waals surface area contributed by atoms with E-state index in [4.69, 9.17) is 0 Å². The number of aliphatic hydroxyl groups excluding tert-OH is 1. The molecule has 0 fully saturated rings. The van der Waals surface area contributed by atoms with Gasteiger partial charge in [0.05, 0.1) is 11.0 Å². The average Bonchev–Trinajstić information content (AvgIpc) is 2.45. The highest BCUT2D eigenvalue weighted by atomic mass is 32.1. The van der Waals surface area contributed by atoms with Crippen LogP contribution in [-0.2, 0) is 0 Å². The molecular weight excluding hydrogens is 172 g/mol. The molecule has 64 valence electrons. The van der Waals surface area contributed by atoms with E-state index >= 15 is 0 Å². The van der Waals surface area contributed by atoms with E-state index in [1.165, 1.54) is 17.4 Å². The van der Waals surface area contributed by atoms with Gasteiger partial charge in [0.15, 0.2) is 6.29 Å². The van der Waals surface area contributed by atoms with Crippen molar-refractivity contribution in [2.45, 2.75) is 13.0 Å². The summed E-state index contributed by atoms with van der Waals surface area (Å²) in [6, 6.07) is 1.69. The zero-order chi connectivity index (χ0) is 9.14. The molecule has 0 amide bonds. The first-order valence-corrected chi connectivity index (χ1v) is 4.36. The highest BCUT2D eigenvalue weighted by Gasteiger charge is 2.10. The summed E-state index contributed by atoms with van der Waals surface area (Å²) in [5.74, 6) is 0. The molecule has 0 saturated carbocycles. The van der Waals surface area contributed by atoms with E-state index in [1.54, 1.807) is 6.07 Å². The van der Waals surface area contributed by atoms with Crippen LogP contribution >= 0.6 is 11.3 Å². The summed E-state index contributed by atoms with van der Waals surface area (Å²) in [7, 11) is 0. The molecule has 1 rings (SSSR count). The maximum absolute atomic E-state index is 10.4. The molecule has 0 aliphatic carbocycles. The first kappa shape index (κ1) is 9.16. The van der Waals surface area contributed by atoms with Gasteiger partial charge in [0.2, 0.25) is 0 Å². The van der Waals surface area contributed by atoms with Crippen molar-refractivity contribution in [3.05, 3.63) is 34.0 Å². The Morgan fingerprint density at radius 1 is 1.75 bits per heavy atom. The van der Waals surface area contributed by atoms with Crippen molar-refractivity contribution in [2.24, 2.45) is 0 Å². The Morgan fingerprint density at radius 2 is 2.42 bits per heavy atom. The molecule has 1 aromatic rings. The Hall–Kier alpha value is -0.930. The molecule has 1 atom stereocenters. The summed E-state index contributed by atoms with van der Waals surface area (Å²) < 4.78 is 0. The summed E-state index contributed by atoms with van der Waals surface area (Å²) in [4.78, 5) is 12.0. The molecule has 0 bridgehead atoms. The monoisotopic (exact) mass is 182 g/mol. The van der Waals surface area contributed by atoms with Crippen molar-refractivity contribution < 1.29 is 9.90 Å². The van der Waals surface area contributed by atoms with Crippen LogP contribution in [0.4, 0.5) is 0 Å². The number of aryl methyl sites for hydroxylation is 1. The van der Waals surface area contributed by atoms with E-state index in [9.17, 15) is 9.90 Å². The lowest BCUT2D eigenvalue weighted by molar-refractivity contribution is 0.112. The number of thiophene rings is 1. The van der Waals surface area contributed by atoms with Crippen molar-refractivity contribution in [3.8, 4) is 0 Å². The number of rotatable bonds is 3. The van der Waals surface area contributed by atoms with Gasteiger partial charge >= 0.3 is 0 Å². The van der Waals surface area contributed by atoms with Crippen molar-refractivity contribution >= 4 is 17.6 Å². The average molecular weight is 182 g/mol. The maximum Gasteiger partial charge on any atom is 0.160 e. The molecule has 1 heterocycles. The van der Waals surface area contributed by atoms with Gasteiger partial charge in [-0.15, -0.1) is 17.9 Å². The summed E-state index contributed by atoms with van der Waals surface area (Å²) in [5.41, 5.74) is 0.775. The summed E-state index contributed by atoms with van der Waals surface area (Å²) in [6.45, 7) is 5.35. The lowest BCUT2D eigenvalue weighted by Crippen LogP contribution is -1.91. The van der Waals surface area contributed by atoms with E-state index in [0.29, 0.717) is 4.88 Å². The number of hydrogen-bond donors (Lipinski definition) is 1. The third kappa shape index (κ3) is 1.62. The topological polar surface area (TPSA) is 37.3 Å². The predicted molar refractivity (Wildman–Crippen MR) is 49.6 cm³/mol. The Bertz CT molecular complexity index is 301. The van der Waals surface area contributed by atoms with Crippen LogP contribution in [0.25, 0.3) is 0 Å². The lowest BCUT2D eigenvalue weighted by atomic mass is 10.1. The van der Waals surface area contributed by atoms with Gasteiger partial charge in [-0.1, -0.05) is 6.08 Å². The van der Waals surface area contributed by atoms with Crippen LogP contribution in [0, 0.1) is 6.92 Å². The first-order chi connectivity index (χ1) is 5.69. The van der Waals surface area contributed by atoms with E-state index < -0.39 is 6.10 Å². The van der Waals surface area contributed by atoms with Crippen molar-refractivity contribution in [3.63, 3.8) is 0 Å². The third-order valence-electron chi connectivity index (χ3n) is 1.63. The largest absolute Gasteiger partial charge is 0.384 e. The molecule has 2 nitrogen and oxygen atoms in total. The molecule has 12 heavy (non-hydrogen) atoms. The SMILES string of the molecule is C=CC(O)c1cc(C=O)sc1C. The minimum atomic E-state index is -0.657. The van der Waals surface area contributed by atoms with Crippen molar-refractivity contribution in [1.82, 2.24) is 0 Å². The van der Waals surface area contributed by atoms with Crippen LogP contribution in [0.5, 0.6) is 0 Å². The highest BCUT2D eigenvalue weighted by Crippen LogP contribution is 2.26. The number of carbonyl (C=O) groups is 1. The molecule has 0 spiro atoms. The fourth-order valence-electron chi connectivity index (χ4n) is 0.999. The van der Waals surface area contributed by atoms with Crippen LogP contribution < -0.4 is 0 Å². The van der Waals surface area contributed by atoms with Gasteiger partial charge in [0.25, 0.3) is 0 Å². The predicted octanol–water partition coefficient (Wildman–Crippen LogP) is 2.09. The van der Waals surface area contributed by atoms with Gasteiger partial charge in [0, 0.05) is 4.88 Å². The number of hydrogen-bond acceptors (Lipinski definition) is 3. The number of carbonyl (C=O) groups excluding carboxylic acids is 1. The molecule has 3 heteroatoms. The second kappa shape index (κ2) is 3.65. The normalized spacial score (nSPS) is 12.5. The molecule has 0 radical (unpaired) electrons. The van der Waals surface area contributed by atoms with Crippen LogP contribution in [0.15, 0.2) is 18.7 Å². The maximum atomic E-state index is 10.4. The van der Waals surface area contributed by atoms with Gasteiger partial charge < -0.3 is 5.11 Å². The molecule has 0 aromatic carbocycles. The molecule has 0 aliphatic rings. The van der Waals surface area contributed by atoms with E-state index in [0.717, 1.165) is 16.7 Å². The Morgan fingerprint density at radius 3 is 2.83 bits per heavy atom. The van der Waals surface area contributed by atoms with E-state index in [1.807, 2.05) is 6.92 Å². The van der Waals surface area contributed by atoms with Gasteiger partial charge in [-0.3, -0.25) is 4.79 Å². The lowest BCUT2D eigenvalue weighted by Gasteiger charge is -2.02. The van der Waals surface area contributed by atoms with E-state index in [-0.39, 0.29) is 0 Å². The van der Waals surface area contributed by atoms with Crippen molar-refractivity contribution in [1.29, 1.82) is 0 Å². The smallest absolute Gasteiger partial charge is 0.160 e.